The lowest BCUT2D eigenvalue weighted by atomic mass is 10.1. The largest absolute Gasteiger partial charge is 0.332 e. The van der Waals surface area contributed by atoms with Gasteiger partial charge in [-0.2, -0.15) is 0 Å². The zero-order valence-electron chi connectivity index (χ0n) is 23.4. The third-order valence-corrected chi connectivity index (χ3v) is 8.55. The van der Waals surface area contributed by atoms with Crippen molar-refractivity contribution in [2.75, 3.05) is 11.5 Å². The van der Waals surface area contributed by atoms with Gasteiger partial charge >= 0.3 is 0 Å². The van der Waals surface area contributed by atoms with Crippen LogP contribution in [0.4, 0.5) is 17.6 Å². The molecule has 0 saturated heterocycles. The van der Waals surface area contributed by atoms with E-state index in [-0.39, 0.29) is 57.2 Å². The molecular weight excluding hydrogens is 752 g/mol. The third-order valence-electron chi connectivity index (χ3n) is 6.63. The molecule has 2 heterocycles. The number of imidazole rings is 2. The van der Waals surface area contributed by atoms with Crippen LogP contribution in [0.1, 0.15) is 6.42 Å². The summed E-state index contributed by atoms with van der Waals surface area (Å²) in [5, 5.41) is 1.41. The predicted octanol–water partition coefficient (Wildman–Crippen LogP) is 10.8. The number of hydrogen-bond donors (Lipinski definition) is 2. The Kier molecular flexibility index (Phi) is 12.1. The molecule has 45 heavy (non-hydrogen) atoms. The van der Waals surface area contributed by atoms with Crippen LogP contribution in [0, 0.1) is 23.3 Å². The summed E-state index contributed by atoms with van der Waals surface area (Å²) in [5.74, 6) is 0.210. The van der Waals surface area contributed by atoms with Gasteiger partial charge in [-0.1, -0.05) is 23.5 Å². The van der Waals surface area contributed by atoms with E-state index in [1.54, 1.807) is 72.1 Å². The first-order chi connectivity index (χ1) is 20.9. The Morgan fingerprint density at radius 3 is 1.04 bits per heavy atom. The molecule has 0 atom stereocenters. The van der Waals surface area contributed by atoms with E-state index in [0.717, 1.165) is 51.6 Å². The van der Waals surface area contributed by atoms with Crippen molar-refractivity contribution in [1.82, 2.24) is 19.9 Å². The number of rotatable bonds is 10. The first-order valence-electron chi connectivity index (χ1n) is 13.4. The fourth-order valence-corrected chi connectivity index (χ4v) is 6.33. The summed E-state index contributed by atoms with van der Waals surface area (Å²) in [4.78, 5) is 16.2. The van der Waals surface area contributed by atoms with Gasteiger partial charge in [-0.25, -0.2) is 27.5 Å². The Balaban J connectivity index is 0.00000230. The zero-order chi connectivity index (χ0) is 29.8. The molecule has 0 aliphatic heterocycles. The Labute approximate surface area is 287 Å². The number of H-pyrrole nitrogens is 2. The van der Waals surface area contributed by atoms with Crippen LogP contribution in [0.15, 0.2) is 107 Å². The molecule has 232 valence electrons. The van der Waals surface area contributed by atoms with Crippen LogP contribution < -0.4 is 0 Å². The number of thioether (sulfide) groups is 2. The van der Waals surface area contributed by atoms with Crippen LogP contribution in [-0.2, 0) is 0 Å². The molecule has 0 aliphatic carbocycles. The van der Waals surface area contributed by atoms with Crippen molar-refractivity contribution < 1.29 is 17.6 Å². The molecule has 0 saturated carbocycles. The molecule has 0 unspecified atom stereocenters. The maximum absolute atomic E-state index is 13.6. The van der Waals surface area contributed by atoms with Crippen LogP contribution in [-0.4, -0.2) is 31.4 Å². The Hall–Kier alpha value is -3.32. The molecule has 0 bridgehead atoms. The van der Waals surface area contributed by atoms with Gasteiger partial charge < -0.3 is 9.97 Å². The average molecular weight is 779 g/mol. The molecule has 4 nitrogen and oxygen atoms in total. The number of halogens is 6. The first-order valence-corrected chi connectivity index (χ1v) is 15.4. The number of nitrogens with zero attached hydrogens (tertiary/aromatic N) is 2. The van der Waals surface area contributed by atoms with Gasteiger partial charge in [-0.15, -0.1) is 34.0 Å². The van der Waals surface area contributed by atoms with Crippen LogP contribution >= 0.6 is 57.5 Å². The highest BCUT2D eigenvalue weighted by Crippen LogP contribution is 2.35. The molecule has 0 spiro atoms. The SMILES string of the molecule is Br.Br.Fc1ccc(-c2nc(SCCCSc3nc(-c4ccc(F)cc4)c(-c4ccc(F)cc4)[nH]3)[nH]c2-c2ccc(F)cc2)cc1. The minimum atomic E-state index is -0.333. The van der Waals surface area contributed by atoms with E-state index in [9.17, 15) is 17.6 Å². The lowest BCUT2D eigenvalue weighted by Crippen LogP contribution is -1.87. The third kappa shape index (κ3) is 8.49. The fraction of sp³-hybridized carbons (Fsp3) is 0.0909. The van der Waals surface area contributed by atoms with Crippen LogP contribution in [0.3, 0.4) is 0 Å². The number of nitrogens with one attached hydrogen (secondary N) is 2. The van der Waals surface area contributed by atoms with Gasteiger partial charge in [0.25, 0.3) is 0 Å². The van der Waals surface area contributed by atoms with Crippen molar-refractivity contribution in [1.29, 1.82) is 0 Å². The number of aromatic nitrogens is 4. The van der Waals surface area contributed by atoms with E-state index in [0.29, 0.717) is 21.7 Å². The van der Waals surface area contributed by atoms with Gasteiger partial charge in [0.2, 0.25) is 0 Å². The summed E-state index contributed by atoms with van der Waals surface area (Å²) in [7, 11) is 0. The number of aromatic amines is 2. The standard InChI is InChI=1S/C33H24F4N4S2.2BrH/c34-24-10-2-20(3-11-24)28-29(21-4-12-25(35)13-5-21)39-32(38-28)42-18-1-19-43-33-40-30(22-6-14-26(36)15-7-22)31(41-33)23-8-16-27(37)17-9-23;;/h2-17H,1,18-19H2,(H,38,39)(H,40,41);2*1H. The Morgan fingerprint density at radius 2 is 0.733 bits per heavy atom. The summed E-state index contributed by atoms with van der Waals surface area (Å²) in [5.41, 5.74) is 5.88. The molecular formula is C33H26Br2F4N4S2. The molecule has 2 aromatic heterocycles. The van der Waals surface area contributed by atoms with E-state index >= 15 is 0 Å². The number of benzene rings is 4. The molecule has 0 radical (unpaired) electrons. The quantitative estimate of drug-likeness (QED) is 0.0826. The predicted molar refractivity (Wildman–Crippen MR) is 185 cm³/mol. The lowest BCUT2D eigenvalue weighted by molar-refractivity contribution is 0.627. The Bertz CT molecular complexity index is 1570. The van der Waals surface area contributed by atoms with Crippen molar-refractivity contribution in [2.24, 2.45) is 0 Å². The van der Waals surface area contributed by atoms with Crippen LogP contribution in [0.5, 0.6) is 0 Å². The highest BCUT2D eigenvalue weighted by atomic mass is 79.9. The molecule has 6 rings (SSSR count). The molecule has 0 amide bonds. The number of hydrogen-bond acceptors (Lipinski definition) is 4. The summed E-state index contributed by atoms with van der Waals surface area (Å²) < 4.78 is 54.2. The fourth-order valence-electron chi connectivity index (χ4n) is 4.52. The molecule has 2 N–H and O–H groups in total. The Morgan fingerprint density at radius 1 is 0.444 bits per heavy atom. The molecule has 0 aliphatic rings. The molecule has 4 aromatic carbocycles. The van der Waals surface area contributed by atoms with Gasteiger partial charge in [0.15, 0.2) is 10.3 Å². The second kappa shape index (κ2) is 15.8. The van der Waals surface area contributed by atoms with E-state index in [4.69, 9.17) is 9.97 Å². The van der Waals surface area contributed by atoms with E-state index < -0.39 is 0 Å². The van der Waals surface area contributed by atoms with Crippen molar-refractivity contribution in [2.45, 2.75) is 16.7 Å². The second-order valence-corrected chi connectivity index (χ2v) is 11.8. The zero-order valence-corrected chi connectivity index (χ0v) is 28.5. The first kappa shape index (κ1) is 34.6. The highest BCUT2D eigenvalue weighted by molar-refractivity contribution is 8.93. The minimum Gasteiger partial charge on any atom is -0.332 e. The maximum Gasteiger partial charge on any atom is 0.166 e. The van der Waals surface area contributed by atoms with Gasteiger partial charge in [0.05, 0.1) is 22.8 Å². The summed E-state index contributed by atoms with van der Waals surface area (Å²) in [6, 6.07) is 24.6. The van der Waals surface area contributed by atoms with Crippen molar-refractivity contribution >= 4 is 57.5 Å². The second-order valence-electron chi connectivity index (χ2n) is 9.61. The summed E-state index contributed by atoms with van der Waals surface area (Å²) in [6.07, 6.45) is 0.840. The van der Waals surface area contributed by atoms with E-state index in [1.165, 1.54) is 48.5 Å². The average Bonchev–Trinajstić information content (AvgIpc) is 3.64. The van der Waals surface area contributed by atoms with Crippen LogP contribution in [0.25, 0.3) is 45.0 Å². The van der Waals surface area contributed by atoms with Crippen molar-refractivity contribution in [3.63, 3.8) is 0 Å². The van der Waals surface area contributed by atoms with Crippen molar-refractivity contribution in [3.8, 4) is 45.0 Å². The van der Waals surface area contributed by atoms with E-state index in [1.807, 2.05) is 0 Å². The minimum absolute atomic E-state index is 0. The van der Waals surface area contributed by atoms with Crippen LogP contribution in [0.2, 0.25) is 0 Å². The van der Waals surface area contributed by atoms with Gasteiger partial charge in [0.1, 0.15) is 23.3 Å². The molecule has 6 aromatic rings. The van der Waals surface area contributed by atoms with Gasteiger partial charge in [0, 0.05) is 33.8 Å². The molecule has 12 heteroatoms. The summed E-state index contributed by atoms with van der Waals surface area (Å²) >= 11 is 3.12. The van der Waals surface area contributed by atoms with Gasteiger partial charge in [-0.3, -0.25) is 0 Å². The van der Waals surface area contributed by atoms with E-state index in [2.05, 4.69) is 9.97 Å². The lowest BCUT2D eigenvalue weighted by Gasteiger charge is -2.03. The van der Waals surface area contributed by atoms with Gasteiger partial charge in [-0.05, 0) is 103 Å². The molecule has 0 fully saturated rings. The highest BCUT2D eigenvalue weighted by Gasteiger charge is 2.17. The smallest absolute Gasteiger partial charge is 0.166 e. The normalized spacial score (nSPS) is 10.8. The monoisotopic (exact) mass is 776 g/mol. The summed E-state index contributed by atoms with van der Waals surface area (Å²) in [6.45, 7) is 0. The van der Waals surface area contributed by atoms with Crippen molar-refractivity contribution in [3.05, 3.63) is 120 Å². The topological polar surface area (TPSA) is 57.4 Å². The maximum atomic E-state index is 13.6.